The van der Waals surface area contributed by atoms with Crippen LogP contribution in [0.3, 0.4) is 0 Å². The zero-order chi connectivity index (χ0) is 20.9. The Bertz CT molecular complexity index is 862. The van der Waals surface area contributed by atoms with Crippen LogP contribution < -0.4 is 0 Å². The molecule has 0 spiro atoms. The topological polar surface area (TPSA) is 89.8 Å². The molecule has 0 aromatic carbocycles. The van der Waals surface area contributed by atoms with Crippen LogP contribution in [0.2, 0.25) is 0 Å². The summed E-state index contributed by atoms with van der Waals surface area (Å²) in [4.78, 5) is 12.8. The zero-order valence-corrected chi connectivity index (χ0v) is 20.2. The summed E-state index contributed by atoms with van der Waals surface area (Å²) in [6.45, 7) is -0.391. The van der Waals surface area contributed by atoms with E-state index in [0.29, 0.717) is 30.1 Å². The third-order valence-corrected chi connectivity index (χ3v) is 8.11. The Morgan fingerprint density at radius 1 is 1.45 bits per heavy atom. The molecular weight excluding hydrogens is 481 g/mol. The number of methoxy groups -OCH3 is 1. The summed E-state index contributed by atoms with van der Waals surface area (Å²) in [7, 11) is 1.55. The Morgan fingerprint density at radius 3 is 3.00 bits per heavy atom. The van der Waals surface area contributed by atoms with Gasteiger partial charge < -0.3 is 0 Å². The molecule has 15 heteroatoms. The number of alkyl halides is 1. The monoisotopic (exact) mass is 504 g/mol. The van der Waals surface area contributed by atoms with Gasteiger partial charge in [-0.25, -0.2) is 0 Å². The predicted molar refractivity (Wildman–Crippen MR) is 123 cm³/mol. The van der Waals surface area contributed by atoms with Crippen molar-refractivity contribution in [2.24, 2.45) is 0 Å². The molecule has 1 saturated heterocycles. The number of hydrogen-bond donors (Lipinski definition) is 3. The Hall–Kier alpha value is 0.0600. The molecule has 164 valence electrons. The molecule has 1 aliphatic rings. The van der Waals surface area contributed by atoms with Crippen molar-refractivity contribution in [1.29, 1.82) is 0 Å². The van der Waals surface area contributed by atoms with Crippen molar-refractivity contribution >= 4 is 67.0 Å². The van der Waals surface area contributed by atoms with Crippen molar-refractivity contribution in [3.63, 3.8) is 0 Å². The second kappa shape index (κ2) is 11.1. The molecule has 1 aliphatic heterocycles. The molecule has 3 heterocycles. The fraction of sp³-hybridized carbons (Fsp3) is 0.571. The molecule has 3 rings (SSSR count). The van der Waals surface area contributed by atoms with Gasteiger partial charge in [-0.05, 0) is 0 Å². The quantitative estimate of drug-likeness (QED) is 0.336. The van der Waals surface area contributed by atoms with E-state index in [1.807, 2.05) is 4.57 Å². The van der Waals surface area contributed by atoms with E-state index in [4.69, 9.17) is 23.0 Å². The molecule has 9 nitrogen and oxygen atoms in total. The number of halogens is 1. The zero-order valence-electron chi connectivity index (χ0n) is 15.5. The van der Waals surface area contributed by atoms with Gasteiger partial charge in [0.2, 0.25) is 0 Å². The van der Waals surface area contributed by atoms with E-state index in [-0.39, 0.29) is 19.8 Å². The minimum atomic E-state index is -3.21. The SMILES string of the molecule is CO/C=[PH](/S)OCCn1c(CO[PH](S)(S)OC2COCC2F)nc2cncnc21. The van der Waals surface area contributed by atoms with Crippen LogP contribution in [0.4, 0.5) is 4.39 Å². The van der Waals surface area contributed by atoms with Crippen LogP contribution in [-0.2, 0) is 36.2 Å². The van der Waals surface area contributed by atoms with E-state index in [1.54, 1.807) is 19.3 Å². The maximum atomic E-state index is 13.7. The van der Waals surface area contributed by atoms with Crippen LogP contribution in [0.25, 0.3) is 11.2 Å². The summed E-state index contributed by atoms with van der Waals surface area (Å²) in [6, 6.07) is 0. The van der Waals surface area contributed by atoms with Crippen molar-refractivity contribution in [2.75, 3.05) is 26.9 Å². The van der Waals surface area contributed by atoms with Crippen molar-refractivity contribution < 1.29 is 27.4 Å². The number of aromatic nitrogens is 4. The molecule has 0 aliphatic carbocycles. The van der Waals surface area contributed by atoms with Gasteiger partial charge in [-0.15, -0.1) is 0 Å². The Morgan fingerprint density at radius 2 is 2.28 bits per heavy atom. The second-order valence-corrected chi connectivity index (χ2v) is 14.7. The molecule has 2 aromatic heterocycles. The summed E-state index contributed by atoms with van der Waals surface area (Å²) in [5.41, 5.74) is 1.26. The number of fused-ring (bicyclic) bond motifs is 1. The van der Waals surface area contributed by atoms with Crippen molar-refractivity contribution in [3.05, 3.63) is 18.3 Å². The normalized spacial score (nSPS) is 21.8. The summed E-state index contributed by atoms with van der Waals surface area (Å²) >= 11 is 13.1. The first kappa shape index (κ1) is 23.7. The molecule has 29 heavy (non-hydrogen) atoms. The summed E-state index contributed by atoms with van der Waals surface area (Å²) in [6.07, 6.45) is -2.10. The first-order valence-corrected chi connectivity index (χ1v) is 15.7. The first-order chi connectivity index (χ1) is 13.9. The predicted octanol–water partition coefficient (Wildman–Crippen LogP) is 2.76. The van der Waals surface area contributed by atoms with E-state index in [9.17, 15) is 4.39 Å². The third kappa shape index (κ3) is 6.77. The number of imidazole rings is 1. The average molecular weight is 505 g/mol. The number of nitrogens with zero attached hydrogens (tertiary/aromatic N) is 4. The van der Waals surface area contributed by atoms with E-state index in [0.717, 1.165) is 0 Å². The van der Waals surface area contributed by atoms with Gasteiger partial charge in [0, 0.05) is 0 Å². The molecule has 0 N–H and O–H groups in total. The fourth-order valence-corrected chi connectivity index (χ4v) is 6.01. The van der Waals surface area contributed by atoms with Gasteiger partial charge >= 0.3 is 185 Å². The van der Waals surface area contributed by atoms with Crippen LogP contribution in [0.5, 0.6) is 0 Å². The van der Waals surface area contributed by atoms with Gasteiger partial charge in [-0.2, -0.15) is 0 Å². The second-order valence-electron chi connectivity index (χ2n) is 6.00. The molecule has 0 bridgehead atoms. The molecule has 0 radical (unpaired) electrons. The van der Waals surface area contributed by atoms with E-state index >= 15 is 0 Å². The van der Waals surface area contributed by atoms with Crippen LogP contribution in [0.1, 0.15) is 5.82 Å². The summed E-state index contributed by atoms with van der Waals surface area (Å²) < 4.78 is 42.6. The van der Waals surface area contributed by atoms with Crippen LogP contribution in [-0.4, -0.2) is 64.7 Å². The van der Waals surface area contributed by atoms with Gasteiger partial charge in [-0.3, -0.25) is 0 Å². The van der Waals surface area contributed by atoms with Crippen molar-refractivity contribution in [2.45, 2.75) is 25.4 Å². The van der Waals surface area contributed by atoms with Gasteiger partial charge in [0.05, 0.1) is 0 Å². The van der Waals surface area contributed by atoms with Crippen LogP contribution in [0, 0.1) is 0 Å². The molecule has 0 saturated carbocycles. The Kier molecular flexibility index (Phi) is 9.06. The van der Waals surface area contributed by atoms with Crippen molar-refractivity contribution in [3.8, 4) is 0 Å². The molecule has 0 amide bonds. The Balaban J connectivity index is 1.68. The van der Waals surface area contributed by atoms with Gasteiger partial charge in [0.25, 0.3) is 0 Å². The Labute approximate surface area is 184 Å². The molecule has 3 unspecified atom stereocenters. The fourth-order valence-electron chi connectivity index (χ4n) is 2.65. The van der Waals surface area contributed by atoms with E-state index < -0.39 is 25.4 Å². The van der Waals surface area contributed by atoms with E-state index in [1.165, 1.54) is 6.33 Å². The van der Waals surface area contributed by atoms with Gasteiger partial charge in [0.1, 0.15) is 0 Å². The summed E-state index contributed by atoms with van der Waals surface area (Å²) in [5.74, 6) is 2.14. The summed E-state index contributed by atoms with van der Waals surface area (Å²) in [5, 5.41) is 0. The van der Waals surface area contributed by atoms with Crippen LogP contribution in [0.15, 0.2) is 12.5 Å². The van der Waals surface area contributed by atoms with Gasteiger partial charge in [-0.1, -0.05) is 0 Å². The minimum absolute atomic E-state index is 0.000232. The van der Waals surface area contributed by atoms with Crippen LogP contribution >= 0.6 is 49.8 Å². The first-order valence-electron chi connectivity index (χ1n) is 8.58. The molecule has 2 aromatic rings. The van der Waals surface area contributed by atoms with E-state index in [2.05, 4.69) is 51.7 Å². The standard InChI is InChI=1S/C14H23FN4O5P2S3/c1-20-9-25(27)22-3-2-19-13(18-11-4-16-8-17-14(11)19)7-23-26(28,29)24-12-6-21-5-10(12)15/h4,8-10,12,25-29H,2-3,5-7H2,1H3. The average Bonchev–Trinajstić information content (AvgIpc) is 3.24. The third-order valence-electron chi connectivity index (χ3n) is 3.93. The van der Waals surface area contributed by atoms with Crippen molar-refractivity contribution in [1.82, 2.24) is 19.5 Å². The molecule has 1 fully saturated rings. The molecular formula is C14H23FN4O5P2S3. The van der Waals surface area contributed by atoms with Gasteiger partial charge in [0.15, 0.2) is 0 Å². The maximum absolute atomic E-state index is 13.7. The number of ether oxygens (including phenoxy) is 2. The molecule has 3 atom stereocenters. The number of rotatable bonds is 10. The number of hydrogen-bond acceptors (Lipinski definition) is 11. The number of thiol groups is 3.